The van der Waals surface area contributed by atoms with E-state index < -0.39 is 0 Å². The van der Waals surface area contributed by atoms with Crippen molar-refractivity contribution in [2.45, 2.75) is 52.4 Å². The molecule has 5 nitrogen and oxygen atoms in total. The van der Waals surface area contributed by atoms with Gasteiger partial charge in [-0.2, -0.15) is 0 Å². The molecule has 4 heterocycles. The minimum Gasteiger partial charge on any atom is -0.656 e. The molecule has 0 saturated carbocycles. The smallest absolute Gasteiger partial charge is 0.656 e. The predicted octanol–water partition coefficient (Wildman–Crippen LogP) is 14.2. The SMILES string of the molecule is CC(C)(C)c1cc2c3ccc(-c4cccc5c4nc(-c4cc(-c6ccccc6)cc6c4[n-]c4ccccc46)n5-c4ccccc4)[c-]c3n(-c3ccccn3)c2cc1C(C)(C)C.[Pt+2]. The van der Waals surface area contributed by atoms with Gasteiger partial charge in [-0.15, -0.1) is 34.8 Å². The molecule has 0 amide bonds. The summed E-state index contributed by atoms with van der Waals surface area (Å²) in [6.07, 6.45) is 1.87. The second-order valence-corrected chi connectivity index (χ2v) is 18.3. The third-order valence-corrected chi connectivity index (χ3v) is 12.2. The van der Waals surface area contributed by atoms with Gasteiger partial charge in [-0.25, -0.2) is 9.97 Å². The van der Waals surface area contributed by atoms with E-state index in [0.29, 0.717) is 0 Å². The van der Waals surface area contributed by atoms with E-state index in [1.807, 2.05) is 12.3 Å². The molecular weight excluding hydrogens is 938 g/mol. The summed E-state index contributed by atoms with van der Waals surface area (Å²) >= 11 is 0. The zero-order valence-corrected chi connectivity index (χ0v) is 37.9. The Bertz CT molecular complexity index is 3470. The summed E-state index contributed by atoms with van der Waals surface area (Å²) in [6.45, 7) is 13.9. The van der Waals surface area contributed by atoms with Crippen molar-refractivity contribution in [1.82, 2.24) is 24.1 Å². The van der Waals surface area contributed by atoms with Crippen molar-refractivity contribution >= 4 is 54.6 Å². The van der Waals surface area contributed by atoms with Gasteiger partial charge in [0.25, 0.3) is 0 Å². The fourth-order valence-corrected chi connectivity index (χ4v) is 9.29. The maximum Gasteiger partial charge on any atom is 2.00 e. The van der Waals surface area contributed by atoms with E-state index in [1.54, 1.807) is 0 Å². The van der Waals surface area contributed by atoms with Gasteiger partial charge in [-0.3, -0.25) is 4.57 Å². The standard InChI is InChI=1S/C56H45N5.Pt/c1-55(2,3)45-33-42-41-28-27-36(32-49(41)61(51-26-15-16-29-57-51)50(42)34-46(45)56(4,5)6)39-23-17-25-48-53(39)59-54(60(48)38-20-11-8-12-21-38)44-31-37(35-18-9-7-10-19-35)30-43-40-22-13-14-24-47(40)58-52(43)44;/h7-31,33-34H,1-6H3;/q-2;+2. The van der Waals surface area contributed by atoms with Crippen molar-refractivity contribution in [2.24, 2.45) is 0 Å². The monoisotopic (exact) mass is 982 g/mol. The van der Waals surface area contributed by atoms with Crippen LogP contribution in [0.3, 0.4) is 0 Å². The van der Waals surface area contributed by atoms with Gasteiger partial charge in [0.05, 0.1) is 11.0 Å². The molecule has 6 heteroatoms. The minimum atomic E-state index is -0.0567. The molecule has 304 valence electrons. The van der Waals surface area contributed by atoms with E-state index in [9.17, 15) is 0 Å². The van der Waals surface area contributed by atoms with Crippen LogP contribution in [0.4, 0.5) is 0 Å². The number of hydrogen-bond donors (Lipinski definition) is 0. The van der Waals surface area contributed by atoms with Gasteiger partial charge in [0.2, 0.25) is 0 Å². The van der Waals surface area contributed by atoms with Crippen LogP contribution in [-0.2, 0) is 31.9 Å². The van der Waals surface area contributed by atoms with Crippen molar-refractivity contribution in [3.63, 3.8) is 0 Å². The largest absolute Gasteiger partial charge is 2.00 e. The Labute approximate surface area is 376 Å². The molecule has 0 bridgehead atoms. The number of hydrogen-bond acceptors (Lipinski definition) is 2. The summed E-state index contributed by atoms with van der Waals surface area (Å²) in [5.74, 6) is 1.71. The maximum atomic E-state index is 5.66. The summed E-state index contributed by atoms with van der Waals surface area (Å²) in [7, 11) is 0. The third-order valence-electron chi connectivity index (χ3n) is 12.2. The van der Waals surface area contributed by atoms with Gasteiger partial charge in [0, 0.05) is 23.0 Å². The van der Waals surface area contributed by atoms with Crippen LogP contribution in [-0.4, -0.2) is 19.1 Å². The summed E-state index contributed by atoms with van der Waals surface area (Å²) < 4.78 is 4.59. The average Bonchev–Trinajstić information content (AvgIpc) is 3.95. The Balaban J connectivity index is 0.00000458. The van der Waals surface area contributed by atoms with Gasteiger partial charge in [-0.05, 0) is 103 Å². The van der Waals surface area contributed by atoms with Crippen molar-refractivity contribution in [3.05, 3.63) is 181 Å². The number of nitrogens with zero attached hydrogens (tertiary/aromatic N) is 5. The minimum absolute atomic E-state index is 0. The molecule has 7 aromatic carbocycles. The van der Waals surface area contributed by atoms with E-state index in [4.69, 9.17) is 15.0 Å². The first-order valence-corrected chi connectivity index (χ1v) is 21.1. The number of para-hydroxylation sites is 3. The molecule has 0 atom stereocenters. The van der Waals surface area contributed by atoms with Crippen LogP contribution in [0.25, 0.3) is 99.8 Å². The first-order valence-electron chi connectivity index (χ1n) is 21.1. The molecule has 62 heavy (non-hydrogen) atoms. The Kier molecular flexibility index (Phi) is 9.46. The summed E-state index contributed by atoms with van der Waals surface area (Å²) in [6, 6.07) is 60.0. The number of fused-ring (bicyclic) bond motifs is 7. The Hall–Kier alpha value is -6.55. The molecule has 0 aliphatic rings. The van der Waals surface area contributed by atoms with Crippen LogP contribution in [0.2, 0.25) is 0 Å². The van der Waals surface area contributed by atoms with Crippen LogP contribution in [0.5, 0.6) is 0 Å². The molecule has 0 spiro atoms. The van der Waals surface area contributed by atoms with Gasteiger partial charge < -0.3 is 9.55 Å². The molecule has 0 N–H and O–H groups in total. The first kappa shape index (κ1) is 39.6. The molecule has 0 radical (unpaired) electrons. The molecule has 0 aliphatic carbocycles. The van der Waals surface area contributed by atoms with Gasteiger partial charge in [-0.1, -0.05) is 150 Å². The normalized spacial score (nSPS) is 12.2. The van der Waals surface area contributed by atoms with Gasteiger partial charge in [0.1, 0.15) is 11.6 Å². The van der Waals surface area contributed by atoms with Crippen molar-refractivity contribution < 1.29 is 21.1 Å². The van der Waals surface area contributed by atoms with E-state index in [2.05, 4.69) is 208 Å². The molecule has 11 rings (SSSR count). The molecule has 0 aliphatic heterocycles. The Morgan fingerprint density at radius 2 is 1.24 bits per heavy atom. The first-order chi connectivity index (χ1) is 29.5. The topological polar surface area (TPSA) is 49.7 Å². The van der Waals surface area contributed by atoms with Gasteiger partial charge >= 0.3 is 21.1 Å². The number of pyridine rings is 1. The van der Waals surface area contributed by atoms with E-state index in [0.717, 1.165) is 94.4 Å². The maximum absolute atomic E-state index is 5.66. The molecule has 0 unspecified atom stereocenters. The number of rotatable bonds is 5. The molecule has 4 aromatic heterocycles. The summed E-state index contributed by atoms with van der Waals surface area (Å²) in [5, 5.41) is 4.60. The Morgan fingerprint density at radius 3 is 1.98 bits per heavy atom. The van der Waals surface area contributed by atoms with Crippen molar-refractivity contribution in [1.29, 1.82) is 0 Å². The molecule has 0 fully saturated rings. The second kappa shape index (κ2) is 14.8. The molecular formula is C56H45N5Pt. The number of benzene rings is 7. The van der Waals surface area contributed by atoms with E-state index in [1.165, 1.54) is 16.5 Å². The van der Waals surface area contributed by atoms with Crippen LogP contribution < -0.4 is 4.98 Å². The average molecular weight is 983 g/mol. The third kappa shape index (κ3) is 6.41. The van der Waals surface area contributed by atoms with Crippen LogP contribution in [0.1, 0.15) is 52.7 Å². The summed E-state index contributed by atoms with van der Waals surface area (Å²) in [5.41, 5.74) is 14.8. The summed E-state index contributed by atoms with van der Waals surface area (Å²) in [4.78, 5) is 15.8. The van der Waals surface area contributed by atoms with Gasteiger partial charge in [0.15, 0.2) is 0 Å². The predicted molar refractivity (Wildman–Crippen MR) is 254 cm³/mol. The second-order valence-electron chi connectivity index (χ2n) is 18.3. The van der Waals surface area contributed by atoms with Crippen molar-refractivity contribution in [3.8, 4) is 45.1 Å². The van der Waals surface area contributed by atoms with Crippen LogP contribution in [0.15, 0.2) is 164 Å². The quantitative estimate of drug-likeness (QED) is 0.161. The fourth-order valence-electron chi connectivity index (χ4n) is 9.29. The van der Waals surface area contributed by atoms with Crippen molar-refractivity contribution in [2.75, 3.05) is 0 Å². The zero-order valence-electron chi connectivity index (χ0n) is 35.6. The number of imidazole rings is 1. The van der Waals surface area contributed by atoms with E-state index in [-0.39, 0.29) is 31.9 Å². The molecule has 11 aromatic rings. The fraction of sp³-hybridized carbons (Fsp3) is 0.143. The number of aromatic nitrogens is 5. The van der Waals surface area contributed by atoms with Crippen LogP contribution in [0, 0.1) is 6.07 Å². The molecule has 0 saturated heterocycles. The van der Waals surface area contributed by atoms with Crippen LogP contribution >= 0.6 is 0 Å². The zero-order chi connectivity index (χ0) is 41.6. The van der Waals surface area contributed by atoms with E-state index >= 15 is 0 Å². The Morgan fingerprint density at radius 1 is 0.532 bits per heavy atom.